The van der Waals surface area contributed by atoms with Crippen LogP contribution in [0.3, 0.4) is 0 Å². The highest BCUT2D eigenvalue weighted by molar-refractivity contribution is 7.92. The van der Waals surface area contributed by atoms with Gasteiger partial charge in [-0.15, -0.1) is 0 Å². The molecule has 1 aliphatic rings. The first-order chi connectivity index (χ1) is 13.8. The smallest absolute Gasteiger partial charge is 0.258 e. The molecule has 0 spiro atoms. The number of benzene rings is 2. The molecule has 2 aromatic rings. The van der Waals surface area contributed by atoms with E-state index in [1.54, 1.807) is 36.4 Å². The zero-order valence-electron chi connectivity index (χ0n) is 16.3. The molecule has 0 aliphatic heterocycles. The van der Waals surface area contributed by atoms with Gasteiger partial charge in [-0.1, -0.05) is 25.0 Å². The molecule has 8 heteroatoms. The average Bonchev–Trinajstić information content (AvgIpc) is 3.18. The van der Waals surface area contributed by atoms with Crippen LogP contribution >= 0.6 is 0 Å². The van der Waals surface area contributed by atoms with E-state index in [-0.39, 0.29) is 30.9 Å². The molecule has 0 unspecified atom stereocenters. The second kappa shape index (κ2) is 9.26. The molecule has 0 aromatic heterocycles. The van der Waals surface area contributed by atoms with Gasteiger partial charge in [-0.3, -0.25) is 9.10 Å². The highest BCUT2D eigenvalue weighted by Gasteiger charge is 2.19. The maximum atomic E-state index is 13.1. The van der Waals surface area contributed by atoms with Crippen molar-refractivity contribution in [3.8, 4) is 5.75 Å². The molecule has 0 atom stereocenters. The van der Waals surface area contributed by atoms with Crippen LogP contribution < -0.4 is 14.4 Å². The summed E-state index contributed by atoms with van der Waals surface area (Å²) in [5.41, 5.74) is 1.13. The number of anilines is 1. The Balaban J connectivity index is 1.62. The molecule has 6 nitrogen and oxygen atoms in total. The monoisotopic (exact) mass is 420 g/mol. The van der Waals surface area contributed by atoms with Crippen LogP contribution in [0.4, 0.5) is 10.1 Å². The van der Waals surface area contributed by atoms with E-state index in [4.69, 9.17) is 4.74 Å². The fourth-order valence-electron chi connectivity index (χ4n) is 3.35. The van der Waals surface area contributed by atoms with Gasteiger partial charge in [-0.05, 0) is 54.8 Å². The summed E-state index contributed by atoms with van der Waals surface area (Å²) in [5, 5.41) is 2.95. The van der Waals surface area contributed by atoms with Crippen LogP contribution in [0.2, 0.25) is 0 Å². The van der Waals surface area contributed by atoms with Crippen LogP contribution in [0.5, 0.6) is 5.75 Å². The van der Waals surface area contributed by atoms with Gasteiger partial charge in [-0.25, -0.2) is 12.8 Å². The summed E-state index contributed by atoms with van der Waals surface area (Å²) in [7, 11) is -3.54. The van der Waals surface area contributed by atoms with Crippen molar-refractivity contribution in [3.05, 3.63) is 59.9 Å². The SMILES string of the molecule is CS(=O)(=O)N(Cc1ccc(F)cc1)c1ccc(OCC(=O)NC2CCCC2)cc1. The maximum absolute atomic E-state index is 13.1. The van der Waals surface area contributed by atoms with Crippen molar-refractivity contribution in [1.29, 1.82) is 0 Å². The van der Waals surface area contributed by atoms with E-state index in [2.05, 4.69) is 5.32 Å². The molecular formula is C21H25FN2O4S. The van der Waals surface area contributed by atoms with Crippen LogP contribution in [0.15, 0.2) is 48.5 Å². The molecule has 1 aliphatic carbocycles. The largest absolute Gasteiger partial charge is 0.484 e. The van der Waals surface area contributed by atoms with Gasteiger partial charge in [0.2, 0.25) is 10.0 Å². The molecule has 0 saturated heterocycles. The van der Waals surface area contributed by atoms with Crippen LogP contribution in [0, 0.1) is 5.82 Å². The van der Waals surface area contributed by atoms with E-state index < -0.39 is 10.0 Å². The lowest BCUT2D eigenvalue weighted by atomic mass is 10.2. The minimum atomic E-state index is -3.54. The maximum Gasteiger partial charge on any atom is 0.258 e. The number of nitrogens with zero attached hydrogens (tertiary/aromatic N) is 1. The zero-order chi connectivity index (χ0) is 20.9. The van der Waals surface area contributed by atoms with Crippen molar-refractivity contribution >= 4 is 21.6 Å². The molecule has 2 aromatic carbocycles. The number of carbonyl (C=O) groups excluding carboxylic acids is 1. The molecule has 0 heterocycles. The van der Waals surface area contributed by atoms with Gasteiger partial charge in [0.25, 0.3) is 5.91 Å². The Morgan fingerprint density at radius 3 is 2.31 bits per heavy atom. The van der Waals surface area contributed by atoms with Crippen molar-refractivity contribution in [2.45, 2.75) is 38.3 Å². The Bertz CT molecular complexity index is 924. The molecule has 0 bridgehead atoms. The third-order valence-electron chi connectivity index (χ3n) is 4.85. The predicted molar refractivity (Wildman–Crippen MR) is 110 cm³/mol. The van der Waals surface area contributed by atoms with Crippen molar-refractivity contribution in [2.24, 2.45) is 0 Å². The number of hydrogen-bond donors (Lipinski definition) is 1. The van der Waals surface area contributed by atoms with Crippen molar-refractivity contribution < 1.29 is 22.3 Å². The molecule has 1 fully saturated rings. The Labute approximate surface area is 170 Å². The van der Waals surface area contributed by atoms with Gasteiger partial charge in [0, 0.05) is 6.04 Å². The Morgan fingerprint density at radius 2 is 1.72 bits per heavy atom. The Morgan fingerprint density at radius 1 is 1.10 bits per heavy atom. The number of rotatable bonds is 8. The van der Waals surface area contributed by atoms with Crippen LogP contribution in [-0.4, -0.2) is 33.2 Å². The summed E-state index contributed by atoms with van der Waals surface area (Å²) >= 11 is 0. The van der Waals surface area contributed by atoms with Gasteiger partial charge in [0.05, 0.1) is 18.5 Å². The number of nitrogens with one attached hydrogen (secondary N) is 1. The summed E-state index contributed by atoms with van der Waals surface area (Å²) in [5.74, 6) is -0.0567. The first kappa shape index (κ1) is 21.1. The third kappa shape index (κ3) is 6.19. The molecule has 1 amide bonds. The summed E-state index contributed by atoms with van der Waals surface area (Å²) in [4.78, 5) is 12.0. The number of hydrogen-bond acceptors (Lipinski definition) is 4. The second-order valence-corrected chi connectivity index (χ2v) is 9.13. The van der Waals surface area contributed by atoms with Crippen LogP contribution in [0.25, 0.3) is 0 Å². The number of carbonyl (C=O) groups is 1. The minimum Gasteiger partial charge on any atom is -0.484 e. The summed E-state index contributed by atoms with van der Waals surface area (Å²) in [6, 6.07) is 12.4. The normalized spacial score (nSPS) is 14.6. The predicted octanol–water partition coefficient (Wildman–Crippen LogP) is 3.23. The van der Waals surface area contributed by atoms with Crippen molar-refractivity contribution in [3.63, 3.8) is 0 Å². The summed E-state index contributed by atoms with van der Waals surface area (Å²) in [6.07, 6.45) is 5.42. The topological polar surface area (TPSA) is 75.7 Å². The Kier molecular flexibility index (Phi) is 6.74. The van der Waals surface area contributed by atoms with Crippen molar-refractivity contribution in [2.75, 3.05) is 17.2 Å². The molecule has 1 N–H and O–H groups in total. The molecule has 29 heavy (non-hydrogen) atoms. The van der Waals surface area contributed by atoms with E-state index in [0.717, 1.165) is 31.9 Å². The number of amides is 1. The first-order valence-electron chi connectivity index (χ1n) is 9.55. The third-order valence-corrected chi connectivity index (χ3v) is 6.00. The lowest BCUT2D eigenvalue weighted by Crippen LogP contribution is -2.36. The van der Waals surface area contributed by atoms with Crippen LogP contribution in [-0.2, 0) is 21.4 Å². The van der Waals surface area contributed by atoms with Gasteiger partial charge in [0.15, 0.2) is 6.61 Å². The Hall–Kier alpha value is -2.61. The van der Waals surface area contributed by atoms with Gasteiger partial charge in [0.1, 0.15) is 11.6 Å². The second-order valence-electron chi connectivity index (χ2n) is 7.23. The van der Waals surface area contributed by atoms with E-state index in [1.807, 2.05) is 0 Å². The summed E-state index contributed by atoms with van der Waals surface area (Å²) in [6.45, 7) is 0.00429. The molecule has 1 saturated carbocycles. The van der Waals surface area contributed by atoms with Crippen molar-refractivity contribution in [1.82, 2.24) is 5.32 Å². The average molecular weight is 421 g/mol. The summed E-state index contributed by atoms with van der Waals surface area (Å²) < 4.78 is 44.3. The fourth-order valence-corrected chi connectivity index (χ4v) is 4.24. The number of ether oxygens (including phenoxy) is 1. The van der Waals surface area contributed by atoms with E-state index in [1.165, 1.54) is 16.4 Å². The first-order valence-corrected chi connectivity index (χ1v) is 11.4. The molecule has 3 rings (SSSR count). The molecular weight excluding hydrogens is 395 g/mol. The van der Waals surface area contributed by atoms with Gasteiger partial charge in [-0.2, -0.15) is 0 Å². The van der Waals surface area contributed by atoms with E-state index in [0.29, 0.717) is 17.0 Å². The molecule has 0 radical (unpaired) electrons. The highest BCUT2D eigenvalue weighted by atomic mass is 32.2. The standard InChI is InChI=1S/C21H25FN2O4S/c1-29(26,27)24(14-16-6-8-17(22)9-7-16)19-10-12-20(13-11-19)28-15-21(25)23-18-4-2-3-5-18/h6-13,18H,2-5,14-15H2,1H3,(H,23,25). The minimum absolute atomic E-state index is 0.0821. The zero-order valence-corrected chi connectivity index (χ0v) is 17.1. The lowest BCUT2D eigenvalue weighted by molar-refractivity contribution is -0.123. The number of halogens is 1. The van der Waals surface area contributed by atoms with Gasteiger partial charge >= 0.3 is 0 Å². The lowest BCUT2D eigenvalue weighted by Gasteiger charge is -2.23. The highest BCUT2D eigenvalue weighted by Crippen LogP contribution is 2.24. The number of sulfonamides is 1. The van der Waals surface area contributed by atoms with E-state index >= 15 is 0 Å². The van der Waals surface area contributed by atoms with Gasteiger partial charge < -0.3 is 10.1 Å². The van der Waals surface area contributed by atoms with Crippen LogP contribution in [0.1, 0.15) is 31.2 Å². The molecule has 156 valence electrons. The quantitative estimate of drug-likeness (QED) is 0.711. The van der Waals surface area contributed by atoms with E-state index in [9.17, 15) is 17.6 Å². The fraction of sp³-hybridized carbons (Fsp3) is 0.381.